The van der Waals surface area contributed by atoms with Gasteiger partial charge in [0.15, 0.2) is 0 Å². The minimum atomic E-state index is -0.296. The number of amides is 1. The molecule has 17 heavy (non-hydrogen) atoms. The smallest absolute Gasteiger partial charge is 0.258 e. The van der Waals surface area contributed by atoms with Crippen LogP contribution in [0.1, 0.15) is 10.4 Å². The van der Waals surface area contributed by atoms with Crippen molar-refractivity contribution >= 4 is 39.4 Å². The molecule has 0 aliphatic heterocycles. The molecule has 86 valence electrons. The van der Waals surface area contributed by atoms with Crippen LogP contribution in [0.2, 0.25) is 5.02 Å². The normalized spacial score (nSPS) is 10.0. The monoisotopic (exact) mass is 311 g/mol. The van der Waals surface area contributed by atoms with Crippen LogP contribution in [0.25, 0.3) is 0 Å². The van der Waals surface area contributed by atoms with Gasteiger partial charge in [-0.3, -0.25) is 10.1 Å². The van der Waals surface area contributed by atoms with E-state index in [9.17, 15) is 4.79 Å². The molecule has 4 nitrogen and oxygen atoms in total. The van der Waals surface area contributed by atoms with Crippen molar-refractivity contribution in [3.8, 4) is 0 Å². The fourth-order valence-corrected chi connectivity index (χ4v) is 1.58. The van der Waals surface area contributed by atoms with Gasteiger partial charge in [0.1, 0.15) is 0 Å². The highest BCUT2D eigenvalue weighted by Crippen LogP contribution is 2.12. The largest absolute Gasteiger partial charge is 0.290 e. The number of aromatic nitrogens is 2. The van der Waals surface area contributed by atoms with Gasteiger partial charge in [-0.05, 0) is 34.1 Å². The van der Waals surface area contributed by atoms with Gasteiger partial charge >= 0.3 is 0 Å². The van der Waals surface area contributed by atoms with Crippen molar-refractivity contribution in [2.24, 2.45) is 0 Å². The zero-order valence-electron chi connectivity index (χ0n) is 8.52. The van der Waals surface area contributed by atoms with Gasteiger partial charge in [-0.25, -0.2) is 9.97 Å². The van der Waals surface area contributed by atoms with Crippen molar-refractivity contribution in [2.75, 3.05) is 5.32 Å². The van der Waals surface area contributed by atoms with E-state index in [-0.39, 0.29) is 11.9 Å². The third kappa shape index (κ3) is 3.25. The Hall–Kier alpha value is -1.46. The third-order valence-electron chi connectivity index (χ3n) is 1.93. The minimum Gasteiger partial charge on any atom is -0.290 e. The highest BCUT2D eigenvalue weighted by molar-refractivity contribution is 9.10. The molecule has 0 atom stereocenters. The maximum absolute atomic E-state index is 11.8. The molecule has 0 fully saturated rings. The van der Waals surface area contributed by atoms with Gasteiger partial charge in [-0.1, -0.05) is 17.7 Å². The zero-order chi connectivity index (χ0) is 12.3. The molecule has 0 spiro atoms. The van der Waals surface area contributed by atoms with E-state index in [1.54, 1.807) is 36.7 Å². The van der Waals surface area contributed by atoms with Gasteiger partial charge in [0.05, 0.1) is 4.47 Å². The number of benzene rings is 1. The first-order valence-corrected chi connectivity index (χ1v) is 5.87. The number of hydrogen-bond acceptors (Lipinski definition) is 3. The van der Waals surface area contributed by atoms with Crippen LogP contribution in [0.4, 0.5) is 5.95 Å². The summed E-state index contributed by atoms with van der Waals surface area (Å²) in [6, 6.07) is 6.66. The number of carbonyl (C=O) groups excluding carboxylic acids is 1. The Labute approximate surface area is 111 Å². The molecular weight excluding hydrogens is 305 g/mol. The van der Waals surface area contributed by atoms with Crippen LogP contribution in [-0.4, -0.2) is 15.9 Å². The van der Waals surface area contributed by atoms with Crippen LogP contribution in [0.5, 0.6) is 0 Å². The van der Waals surface area contributed by atoms with Crippen molar-refractivity contribution in [1.82, 2.24) is 9.97 Å². The maximum atomic E-state index is 11.8. The standard InChI is InChI=1S/C11H7BrClN3O/c12-8-5-14-11(15-6-8)16-10(17)7-2-1-3-9(13)4-7/h1-6H,(H,14,15,16,17). The Balaban J connectivity index is 2.14. The molecule has 1 aromatic carbocycles. The van der Waals surface area contributed by atoms with E-state index in [4.69, 9.17) is 11.6 Å². The summed E-state index contributed by atoms with van der Waals surface area (Å²) >= 11 is 9.01. The molecule has 0 aliphatic rings. The Bertz CT molecular complexity index is 545. The molecule has 0 saturated carbocycles. The van der Waals surface area contributed by atoms with Gasteiger partial charge in [0.25, 0.3) is 5.91 Å². The maximum Gasteiger partial charge on any atom is 0.258 e. The van der Waals surface area contributed by atoms with Crippen LogP contribution >= 0.6 is 27.5 Å². The lowest BCUT2D eigenvalue weighted by atomic mass is 10.2. The van der Waals surface area contributed by atoms with Crippen molar-refractivity contribution in [1.29, 1.82) is 0 Å². The summed E-state index contributed by atoms with van der Waals surface area (Å²) in [4.78, 5) is 19.7. The van der Waals surface area contributed by atoms with E-state index in [1.165, 1.54) is 0 Å². The number of nitrogens with zero attached hydrogens (tertiary/aromatic N) is 2. The van der Waals surface area contributed by atoms with Crippen molar-refractivity contribution < 1.29 is 4.79 Å². The average molecular weight is 313 g/mol. The summed E-state index contributed by atoms with van der Waals surface area (Å²) < 4.78 is 0.748. The summed E-state index contributed by atoms with van der Waals surface area (Å²) in [5.41, 5.74) is 0.462. The summed E-state index contributed by atoms with van der Waals surface area (Å²) in [5, 5.41) is 3.08. The number of anilines is 1. The summed E-state index contributed by atoms with van der Waals surface area (Å²) in [6.45, 7) is 0. The lowest BCUT2D eigenvalue weighted by Gasteiger charge is -2.03. The Kier molecular flexibility index (Phi) is 3.71. The molecular formula is C11H7BrClN3O. The Morgan fingerprint density at radius 2 is 2.00 bits per heavy atom. The van der Waals surface area contributed by atoms with Crippen LogP contribution in [0.15, 0.2) is 41.1 Å². The fraction of sp³-hybridized carbons (Fsp3) is 0. The van der Waals surface area contributed by atoms with Crippen LogP contribution in [0, 0.1) is 0 Å². The lowest BCUT2D eigenvalue weighted by molar-refractivity contribution is 0.102. The zero-order valence-corrected chi connectivity index (χ0v) is 10.9. The first-order valence-electron chi connectivity index (χ1n) is 4.69. The van der Waals surface area contributed by atoms with E-state index < -0.39 is 0 Å². The molecule has 6 heteroatoms. The van der Waals surface area contributed by atoms with Crippen molar-refractivity contribution in [2.45, 2.75) is 0 Å². The molecule has 0 radical (unpaired) electrons. The molecule has 2 rings (SSSR count). The Morgan fingerprint density at radius 1 is 1.29 bits per heavy atom. The summed E-state index contributed by atoms with van der Waals surface area (Å²) in [7, 11) is 0. The number of nitrogens with one attached hydrogen (secondary N) is 1. The highest BCUT2D eigenvalue weighted by atomic mass is 79.9. The van der Waals surface area contributed by atoms with E-state index in [2.05, 4.69) is 31.2 Å². The lowest BCUT2D eigenvalue weighted by Crippen LogP contribution is -2.13. The predicted molar refractivity (Wildman–Crippen MR) is 69.1 cm³/mol. The summed E-state index contributed by atoms with van der Waals surface area (Å²) in [6.07, 6.45) is 3.11. The van der Waals surface area contributed by atoms with Crippen LogP contribution in [-0.2, 0) is 0 Å². The summed E-state index contributed by atoms with van der Waals surface area (Å²) in [5.74, 6) is -0.0482. The van der Waals surface area contributed by atoms with E-state index in [0.717, 1.165) is 4.47 Å². The minimum absolute atomic E-state index is 0.248. The van der Waals surface area contributed by atoms with Gasteiger partial charge in [0, 0.05) is 23.0 Å². The number of halogens is 2. The highest BCUT2D eigenvalue weighted by Gasteiger charge is 2.07. The van der Waals surface area contributed by atoms with Gasteiger partial charge < -0.3 is 0 Å². The third-order valence-corrected chi connectivity index (χ3v) is 2.58. The predicted octanol–water partition coefficient (Wildman–Crippen LogP) is 3.14. The number of carbonyl (C=O) groups is 1. The molecule has 1 amide bonds. The average Bonchev–Trinajstić information content (AvgIpc) is 2.32. The fourth-order valence-electron chi connectivity index (χ4n) is 1.18. The molecule has 1 N–H and O–H groups in total. The molecule has 2 aromatic rings. The second-order valence-corrected chi connectivity index (χ2v) is 4.54. The second kappa shape index (κ2) is 5.25. The number of rotatable bonds is 2. The molecule has 0 bridgehead atoms. The Morgan fingerprint density at radius 3 is 2.65 bits per heavy atom. The molecule has 1 heterocycles. The topological polar surface area (TPSA) is 54.9 Å². The first-order chi connectivity index (χ1) is 8.15. The van der Waals surface area contributed by atoms with Crippen LogP contribution in [0.3, 0.4) is 0 Å². The SMILES string of the molecule is O=C(Nc1ncc(Br)cn1)c1cccc(Cl)c1. The van der Waals surface area contributed by atoms with Gasteiger partial charge in [0.2, 0.25) is 5.95 Å². The second-order valence-electron chi connectivity index (χ2n) is 3.19. The first kappa shape index (κ1) is 12.0. The number of hydrogen-bond donors (Lipinski definition) is 1. The molecule has 0 aliphatic carbocycles. The van der Waals surface area contributed by atoms with Gasteiger partial charge in [-0.15, -0.1) is 0 Å². The molecule has 0 unspecified atom stereocenters. The van der Waals surface area contributed by atoms with Crippen molar-refractivity contribution in [3.63, 3.8) is 0 Å². The van der Waals surface area contributed by atoms with E-state index in [1.807, 2.05) is 0 Å². The quantitative estimate of drug-likeness (QED) is 0.927. The van der Waals surface area contributed by atoms with E-state index >= 15 is 0 Å². The van der Waals surface area contributed by atoms with E-state index in [0.29, 0.717) is 10.6 Å². The van der Waals surface area contributed by atoms with Crippen LogP contribution < -0.4 is 5.32 Å². The molecule has 0 saturated heterocycles. The van der Waals surface area contributed by atoms with Gasteiger partial charge in [-0.2, -0.15) is 0 Å². The van der Waals surface area contributed by atoms with Crippen molar-refractivity contribution in [3.05, 3.63) is 51.7 Å². The molecule has 1 aromatic heterocycles.